The molecule has 0 aromatic heterocycles. The molecule has 1 unspecified atom stereocenters. The maximum atomic E-state index is 11.2. The number of rotatable bonds is 3. The molecule has 1 fully saturated rings. The van der Waals surface area contributed by atoms with E-state index in [0.29, 0.717) is 17.5 Å². The summed E-state index contributed by atoms with van der Waals surface area (Å²) in [6.07, 6.45) is 2.40. The van der Waals surface area contributed by atoms with E-state index in [0.717, 1.165) is 23.4 Å². The van der Waals surface area contributed by atoms with Crippen molar-refractivity contribution in [3.8, 4) is 0 Å². The van der Waals surface area contributed by atoms with Gasteiger partial charge in [0.2, 0.25) is 5.91 Å². The lowest BCUT2D eigenvalue weighted by molar-refractivity contribution is -0.117. The fraction of sp³-hybridized carbons (Fsp3) is 0.385. The van der Waals surface area contributed by atoms with Crippen LogP contribution in [0.1, 0.15) is 26.2 Å². The van der Waals surface area contributed by atoms with Crippen LogP contribution in [0.25, 0.3) is 0 Å². The molecule has 1 amide bonds. The van der Waals surface area contributed by atoms with Crippen LogP contribution in [-0.4, -0.2) is 16.9 Å². The van der Waals surface area contributed by atoms with E-state index in [4.69, 9.17) is 0 Å². The van der Waals surface area contributed by atoms with E-state index < -0.39 is 0 Å². The summed E-state index contributed by atoms with van der Waals surface area (Å²) >= 11 is 1.75. The summed E-state index contributed by atoms with van der Waals surface area (Å²) in [5, 5.41) is 3.16. The van der Waals surface area contributed by atoms with E-state index in [1.165, 1.54) is 6.92 Å². The molecule has 1 aliphatic rings. The molecule has 90 valence electrons. The third-order valence-electron chi connectivity index (χ3n) is 2.68. The summed E-state index contributed by atoms with van der Waals surface area (Å²) in [6.45, 7) is 1.49. The van der Waals surface area contributed by atoms with Gasteiger partial charge in [0, 0.05) is 35.6 Å². The number of anilines is 1. The number of hydrogen-bond acceptors (Lipinski definition) is 3. The summed E-state index contributed by atoms with van der Waals surface area (Å²) in [5.41, 5.74) is 0.810. The van der Waals surface area contributed by atoms with E-state index in [1.54, 1.807) is 11.8 Å². The minimum atomic E-state index is -0.0632. The number of benzene rings is 1. The maximum absolute atomic E-state index is 11.2. The molecule has 1 N–H and O–H groups in total. The molecule has 0 saturated heterocycles. The van der Waals surface area contributed by atoms with Gasteiger partial charge in [-0.1, -0.05) is 0 Å². The van der Waals surface area contributed by atoms with Gasteiger partial charge in [-0.25, -0.2) is 0 Å². The van der Waals surface area contributed by atoms with E-state index >= 15 is 0 Å². The summed E-state index contributed by atoms with van der Waals surface area (Å²) < 4.78 is 0. The highest BCUT2D eigenvalue weighted by Gasteiger charge is 2.22. The van der Waals surface area contributed by atoms with Gasteiger partial charge >= 0.3 is 0 Å². The summed E-state index contributed by atoms with van der Waals surface area (Å²) in [5.74, 6) is 0.309. The van der Waals surface area contributed by atoms with Crippen molar-refractivity contribution in [2.75, 3.05) is 5.32 Å². The first kappa shape index (κ1) is 12.2. The molecule has 1 atom stereocenters. The smallest absolute Gasteiger partial charge is 0.221 e. The number of nitrogens with one attached hydrogen (secondary N) is 1. The number of carbonyl (C=O) groups is 2. The normalized spacial score (nSPS) is 19.4. The number of carbonyl (C=O) groups excluding carboxylic acids is 2. The molecule has 0 aliphatic heterocycles. The van der Waals surface area contributed by atoms with Gasteiger partial charge in [-0.2, -0.15) is 0 Å². The highest BCUT2D eigenvalue weighted by molar-refractivity contribution is 8.00. The van der Waals surface area contributed by atoms with Crippen LogP contribution in [-0.2, 0) is 9.59 Å². The number of Topliss-reactive ketones (excluding diaryl/α,β-unsaturated/α-hetero) is 1. The van der Waals surface area contributed by atoms with Crippen molar-refractivity contribution in [2.24, 2.45) is 0 Å². The molecular formula is C13H15NO2S. The molecule has 1 aromatic rings. The second-order valence-electron chi connectivity index (χ2n) is 4.23. The van der Waals surface area contributed by atoms with Crippen molar-refractivity contribution in [1.82, 2.24) is 0 Å². The van der Waals surface area contributed by atoms with Crippen molar-refractivity contribution in [1.29, 1.82) is 0 Å². The number of amides is 1. The molecule has 1 saturated carbocycles. The third kappa shape index (κ3) is 3.60. The van der Waals surface area contributed by atoms with E-state index in [9.17, 15) is 9.59 Å². The van der Waals surface area contributed by atoms with Crippen LogP contribution < -0.4 is 5.32 Å². The fourth-order valence-corrected chi connectivity index (χ4v) is 3.08. The van der Waals surface area contributed by atoms with E-state index in [2.05, 4.69) is 5.32 Å². The van der Waals surface area contributed by atoms with Crippen molar-refractivity contribution in [3.05, 3.63) is 24.3 Å². The Hall–Kier alpha value is -1.29. The molecule has 3 nitrogen and oxygen atoms in total. The van der Waals surface area contributed by atoms with Gasteiger partial charge in [0.05, 0.1) is 0 Å². The Morgan fingerprint density at radius 3 is 2.59 bits per heavy atom. The van der Waals surface area contributed by atoms with Gasteiger partial charge in [0.1, 0.15) is 5.78 Å². The van der Waals surface area contributed by atoms with Gasteiger partial charge < -0.3 is 5.32 Å². The zero-order chi connectivity index (χ0) is 12.3. The van der Waals surface area contributed by atoms with Gasteiger partial charge in [-0.05, 0) is 30.7 Å². The highest BCUT2D eigenvalue weighted by Crippen LogP contribution is 2.33. The van der Waals surface area contributed by atoms with Crippen LogP contribution in [0.15, 0.2) is 29.2 Å². The third-order valence-corrected chi connectivity index (χ3v) is 3.96. The van der Waals surface area contributed by atoms with Gasteiger partial charge in [-0.3, -0.25) is 9.59 Å². The van der Waals surface area contributed by atoms with Gasteiger partial charge in [0.25, 0.3) is 0 Å². The summed E-state index contributed by atoms with van der Waals surface area (Å²) in [4.78, 5) is 23.2. The lowest BCUT2D eigenvalue weighted by Crippen LogP contribution is -2.05. The molecule has 0 radical (unpaired) electrons. The van der Waals surface area contributed by atoms with Crippen molar-refractivity contribution in [2.45, 2.75) is 36.3 Å². The second-order valence-corrected chi connectivity index (χ2v) is 5.60. The monoisotopic (exact) mass is 249 g/mol. The molecule has 4 heteroatoms. The average molecular weight is 249 g/mol. The van der Waals surface area contributed by atoms with Gasteiger partial charge in [-0.15, -0.1) is 11.8 Å². The second kappa shape index (κ2) is 5.36. The average Bonchev–Trinajstić information content (AvgIpc) is 2.66. The molecule has 17 heavy (non-hydrogen) atoms. The Morgan fingerprint density at radius 2 is 2.06 bits per heavy atom. The fourth-order valence-electron chi connectivity index (χ4n) is 1.89. The SMILES string of the molecule is CC(=O)Nc1ccc(SC2CCC(=O)C2)cc1. The van der Waals surface area contributed by atoms with E-state index in [1.807, 2.05) is 24.3 Å². The number of hydrogen-bond donors (Lipinski definition) is 1. The van der Waals surface area contributed by atoms with Crippen LogP contribution in [0.2, 0.25) is 0 Å². The maximum Gasteiger partial charge on any atom is 0.221 e. The Bertz CT molecular complexity index is 428. The van der Waals surface area contributed by atoms with Crippen LogP contribution in [0.3, 0.4) is 0 Å². The molecule has 0 heterocycles. The van der Waals surface area contributed by atoms with Crippen LogP contribution in [0, 0.1) is 0 Å². The highest BCUT2D eigenvalue weighted by atomic mass is 32.2. The molecule has 1 aliphatic carbocycles. The zero-order valence-electron chi connectivity index (χ0n) is 9.73. The summed E-state index contributed by atoms with van der Waals surface area (Å²) in [7, 11) is 0. The van der Waals surface area contributed by atoms with Crippen LogP contribution >= 0.6 is 11.8 Å². The first-order valence-electron chi connectivity index (χ1n) is 5.69. The Kier molecular flexibility index (Phi) is 3.84. The van der Waals surface area contributed by atoms with Gasteiger partial charge in [0.15, 0.2) is 0 Å². The quantitative estimate of drug-likeness (QED) is 0.896. The molecule has 0 spiro atoms. The zero-order valence-corrected chi connectivity index (χ0v) is 10.5. The van der Waals surface area contributed by atoms with Crippen LogP contribution in [0.5, 0.6) is 0 Å². The lowest BCUT2D eigenvalue weighted by Gasteiger charge is -2.08. The molecule has 0 bridgehead atoms. The summed E-state index contributed by atoms with van der Waals surface area (Å²) in [6, 6.07) is 7.75. The van der Waals surface area contributed by atoms with E-state index in [-0.39, 0.29) is 5.91 Å². The molecule has 1 aromatic carbocycles. The first-order valence-corrected chi connectivity index (χ1v) is 6.57. The van der Waals surface area contributed by atoms with Crippen LogP contribution in [0.4, 0.5) is 5.69 Å². The Labute approximate surface area is 105 Å². The van der Waals surface area contributed by atoms with Crippen molar-refractivity contribution >= 4 is 29.1 Å². The lowest BCUT2D eigenvalue weighted by atomic mass is 10.3. The minimum Gasteiger partial charge on any atom is -0.326 e. The topological polar surface area (TPSA) is 46.2 Å². The predicted octanol–water partition coefficient (Wildman–Crippen LogP) is 2.86. The standard InChI is InChI=1S/C13H15NO2S/c1-9(15)14-10-2-5-12(6-3-10)17-13-7-4-11(16)8-13/h2-3,5-6,13H,4,7-8H2,1H3,(H,14,15). The molecular weight excluding hydrogens is 234 g/mol. The number of thioether (sulfide) groups is 1. The molecule has 2 rings (SSSR count). The number of ketones is 1. The minimum absolute atomic E-state index is 0.0632. The Morgan fingerprint density at radius 1 is 1.35 bits per heavy atom. The van der Waals surface area contributed by atoms with Crippen molar-refractivity contribution in [3.63, 3.8) is 0 Å². The predicted molar refractivity (Wildman–Crippen MR) is 69.2 cm³/mol. The van der Waals surface area contributed by atoms with Crippen molar-refractivity contribution < 1.29 is 9.59 Å². The largest absolute Gasteiger partial charge is 0.326 e. The Balaban J connectivity index is 1.93. The first-order chi connectivity index (χ1) is 8.13.